The topological polar surface area (TPSA) is 74.6 Å². The lowest BCUT2D eigenvalue weighted by atomic mass is 10.2. The van der Waals surface area contributed by atoms with Gasteiger partial charge in [0.1, 0.15) is 23.4 Å². The lowest BCUT2D eigenvalue weighted by molar-refractivity contribution is 0.0930. The van der Waals surface area contributed by atoms with Gasteiger partial charge in [-0.2, -0.15) is 5.10 Å². The Morgan fingerprint density at radius 2 is 1.82 bits per heavy atom. The molecule has 1 amide bonds. The maximum Gasteiger partial charge on any atom is 0.255 e. The van der Waals surface area contributed by atoms with E-state index in [2.05, 4.69) is 10.4 Å². The lowest BCUT2D eigenvalue weighted by Gasteiger charge is -2.16. The van der Waals surface area contributed by atoms with Crippen LogP contribution in [0.4, 0.5) is 0 Å². The first kappa shape index (κ1) is 19.3. The number of aromatic nitrogens is 2. The highest BCUT2D eigenvalue weighted by molar-refractivity contribution is 5.97. The molecule has 146 valence electrons. The molecule has 3 rings (SSSR count). The Labute approximate surface area is 163 Å². The third kappa shape index (κ3) is 5.03. The van der Waals surface area contributed by atoms with E-state index >= 15 is 0 Å². The molecule has 0 aliphatic carbocycles. The van der Waals surface area contributed by atoms with E-state index in [-0.39, 0.29) is 12.0 Å². The number of hydrogen-bond donors (Lipinski definition) is 1. The van der Waals surface area contributed by atoms with Crippen molar-refractivity contribution in [3.05, 3.63) is 66.5 Å². The van der Waals surface area contributed by atoms with Gasteiger partial charge in [0.25, 0.3) is 5.91 Å². The molecule has 0 saturated carbocycles. The van der Waals surface area contributed by atoms with Crippen LogP contribution in [0.2, 0.25) is 0 Å². The minimum absolute atomic E-state index is 0.205. The van der Waals surface area contributed by atoms with E-state index in [1.807, 2.05) is 37.3 Å². The predicted molar refractivity (Wildman–Crippen MR) is 105 cm³/mol. The maximum atomic E-state index is 12.6. The molecule has 2 aromatic carbocycles. The molecule has 0 aliphatic rings. The van der Waals surface area contributed by atoms with Gasteiger partial charge >= 0.3 is 0 Å². The Bertz CT molecular complexity index is 921. The molecule has 0 radical (unpaired) electrons. The third-order valence-electron chi connectivity index (χ3n) is 3.99. The highest BCUT2D eigenvalue weighted by Gasteiger charge is 2.15. The number of rotatable bonds is 8. The number of hydrogen-bond acceptors (Lipinski definition) is 5. The summed E-state index contributed by atoms with van der Waals surface area (Å²) in [6, 6.07) is 14.4. The van der Waals surface area contributed by atoms with Crippen molar-refractivity contribution in [3.8, 4) is 23.0 Å². The number of ether oxygens (including phenoxy) is 3. The van der Waals surface area contributed by atoms with Crippen molar-refractivity contribution in [1.29, 1.82) is 0 Å². The Kier molecular flexibility index (Phi) is 6.16. The summed E-state index contributed by atoms with van der Waals surface area (Å²) in [7, 11) is 3.42. The van der Waals surface area contributed by atoms with E-state index in [4.69, 9.17) is 14.2 Å². The Balaban J connectivity index is 1.58. The molecule has 28 heavy (non-hydrogen) atoms. The number of para-hydroxylation sites is 1. The average molecular weight is 381 g/mol. The van der Waals surface area contributed by atoms with Crippen LogP contribution in [0, 0.1) is 0 Å². The van der Waals surface area contributed by atoms with Crippen molar-refractivity contribution in [2.45, 2.75) is 13.0 Å². The molecule has 1 N–H and O–H groups in total. The first-order valence-electron chi connectivity index (χ1n) is 8.89. The molecule has 1 heterocycles. The zero-order valence-electron chi connectivity index (χ0n) is 16.1. The maximum absolute atomic E-state index is 12.6. The van der Waals surface area contributed by atoms with Crippen molar-refractivity contribution in [3.63, 3.8) is 0 Å². The minimum atomic E-state index is -0.232. The lowest BCUT2D eigenvalue weighted by Crippen LogP contribution is -2.33. The zero-order chi connectivity index (χ0) is 19.9. The van der Waals surface area contributed by atoms with Gasteiger partial charge in [-0.1, -0.05) is 12.1 Å². The Morgan fingerprint density at radius 1 is 1.11 bits per heavy atom. The second-order valence-corrected chi connectivity index (χ2v) is 6.26. The van der Waals surface area contributed by atoms with E-state index in [0.717, 1.165) is 5.75 Å². The molecule has 0 saturated heterocycles. The quantitative estimate of drug-likeness (QED) is 0.647. The van der Waals surface area contributed by atoms with Crippen LogP contribution in [0.1, 0.15) is 17.3 Å². The second kappa shape index (κ2) is 8.94. The number of nitrogens with one attached hydrogen (secondary N) is 1. The van der Waals surface area contributed by atoms with Crippen molar-refractivity contribution >= 4 is 5.91 Å². The normalized spacial score (nSPS) is 11.5. The zero-order valence-corrected chi connectivity index (χ0v) is 16.1. The molecule has 0 fully saturated rings. The minimum Gasteiger partial charge on any atom is -0.497 e. The number of aryl methyl sites for hydroxylation is 1. The Hall–Kier alpha value is -3.48. The van der Waals surface area contributed by atoms with Crippen LogP contribution >= 0.6 is 0 Å². The largest absolute Gasteiger partial charge is 0.497 e. The van der Waals surface area contributed by atoms with Crippen LogP contribution in [0.5, 0.6) is 23.0 Å². The molecule has 7 heteroatoms. The number of methoxy groups -OCH3 is 1. The average Bonchev–Trinajstić information content (AvgIpc) is 3.12. The van der Waals surface area contributed by atoms with Crippen LogP contribution in [-0.4, -0.2) is 35.4 Å². The number of benzene rings is 2. The van der Waals surface area contributed by atoms with Crippen LogP contribution in [0.15, 0.2) is 60.9 Å². The summed E-state index contributed by atoms with van der Waals surface area (Å²) in [4.78, 5) is 12.6. The summed E-state index contributed by atoms with van der Waals surface area (Å²) in [6.07, 6.45) is 3.13. The molecule has 7 nitrogen and oxygen atoms in total. The van der Waals surface area contributed by atoms with Gasteiger partial charge in [0, 0.05) is 7.05 Å². The van der Waals surface area contributed by atoms with E-state index in [1.165, 1.54) is 0 Å². The van der Waals surface area contributed by atoms with Crippen LogP contribution in [-0.2, 0) is 7.05 Å². The predicted octanol–water partition coefficient (Wildman–Crippen LogP) is 3.42. The first-order chi connectivity index (χ1) is 13.5. The van der Waals surface area contributed by atoms with Gasteiger partial charge in [-0.3, -0.25) is 9.48 Å². The van der Waals surface area contributed by atoms with Gasteiger partial charge in [-0.15, -0.1) is 0 Å². The molecule has 1 unspecified atom stereocenters. The summed E-state index contributed by atoms with van der Waals surface area (Å²) in [6.45, 7) is 2.24. The van der Waals surface area contributed by atoms with Crippen molar-refractivity contribution in [2.24, 2.45) is 7.05 Å². The van der Waals surface area contributed by atoms with Crippen molar-refractivity contribution in [2.75, 3.05) is 13.7 Å². The first-order valence-corrected chi connectivity index (χ1v) is 8.89. The van der Waals surface area contributed by atoms with Gasteiger partial charge in [0.2, 0.25) is 0 Å². The molecule has 1 aromatic heterocycles. The second-order valence-electron chi connectivity index (χ2n) is 6.26. The molecule has 0 bridgehead atoms. The monoisotopic (exact) mass is 381 g/mol. The molecule has 0 aliphatic heterocycles. The molecular weight excluding hydrogens is 358 g/mol. The summed E-state index contributed by atoms with van der Waals surface area (Å²) >= 11 is 0. The SMILES string of the molecule is COc1ccc(OC(C)CNC(=O)c2ccccc2Oc2cnn(C)c2)cc1. The summed E-state index contributed by atoms with van der Waals surface area (Å²) in [5.74, 6) is 2.28. The summed E-state index contributed by atoms with van der Waals surface area (Å²) in [5.41, 5.74) is 0.447. The molecule has 1 atom stereocenters. The van der Waals surface area contributed by atoms with Gasteiger partial charge in [0.05, 0.1) is 31.6 Å². The molecular formula is C21H23N3O4. The third-order valence-corrected chi connectivity index (χ3v) is 3.99. The summed E-state index contributed by atoms with van der Waals surface area (Å²) in [5, 5.41) is 6.95. The van der Waals surface area contributed by atoms with Crippen LogP contribution < -0.4 is 19.5 Å². The standard InChI is InChI=1S/C21H23N3O4/c1-15(27-17-10-8-16(26-3)9-11-17)12-22-21(25)19-6-4-5-7-20(19)28-18-13-23-24(2)14-18/h4-11,13-15H,12H2,1-3H3,(H,22,25). The summed E-state index contributed by atoms with van der Waals surface area (Å²) < 4.78 is 18.4. The number of carbonyl (C=O) groups excluding carboxylic acids is 1. The van der Waals surface area contributed by atoms with E-state index < -0.39 is 0 Å². The van der Waals surface area contributed by atoms with E-state index in [1.54, 1.807) is 49.4 Å². The van der Waals surface area contributed by atoms with Gasteiger partial charge in [-0.25, -0.2) is 0 Å². The van der Waals surface area contributed by atoms with E-state index in [0.29, 0.717) is 29.4 Å². The number of amides is 1. The number of carbonyl (C=O) groups is 1. The van der Waals surface area contributed by atoms with E-state index in [9.17, 15) is 4.79 Å². The highest BCUT2D eigenvalue weighted by Crippen LogP contribution is 2.24. The van der Waals surface area contributed by atoms with Crippen molar-refractivity contribution < 1.29 is 19.0 Å². The van der Waals surface area contributed by atoms with Gasteiger partial charge in [-0.05, 0) is 43.3 Å². The molecule has 0 spiro atoms. The number of nitrogens with zero attached hydrogens (tertiary/aromatic N) is 2. The fourth-order valence-electron chi connectivity index (χ4n) is 2.58. The van der Waals surface area contributed by atoms with Gasteiger partial charge in [0.15, 0.2) is 5.75 Å². The smallest absolute Gasteiger partial charge is 0.255 e. The molecule has 3 aromatic rings. The fourth-order valence-corrected chi connectivity index (χ4v) is 2.58. The van der Waals surface area contributed by atoms with Crippen LogP contribution in [0.3, 0.4) is 0 Å². The highest BCUT2D eigenvalue weighted by atomic mass is 16.5. The van der Waals surface area contributed by atoms with Crippen LogP contribution in [0.25, 0.3) is 0 Å². The Morgan fingerprint density at radius 3 is 2.50 bits per heavy atom. The fraction of sp³-hybridized carbons (Fsp3) is 0.238. The van der Waals surface area contributed by atoms with Crippen molar-refractivity contribution in [1.82, 2.24) is 15.1 Å². The van der Waals surface area contributed by atoms with Gasteiger partial charge < -0.3 is 19.5 Å².